The van der Waals surface area contributed by atoms with Crippen LogP contribution < -0.4 is 0 Å². The molecule has 0 aromatic rings. The van der Waals surface area contributed by atoms with Crippen molar-refractivity contribution in [1.82, 2.24) is 4.90 Å². The molecule has 0 amide bonds. The number of hydrogen-bond acceptors (Lipinski definition) is 4. The standard InChI is InChI=1S/C8H19NO3Si/c1-10-13(11-2,12-3)8-4-5-9-6-7-9/h4-8H2,1-3H3. The summed E-state index contributed by atoms with van der Waals surface area (Å²) >= 11 is 0. The van der Waals surface area contributed by atoms with E-state index in [0.717, 1.165) is 19.0 Å². The molecule has 0 aromatic heterocycles. The molecule has 0 atom stereocenters. The summed E-state index contributed by atoms with van der Waals surface area (Å²) in [6.07, 6.45) is 1.10. The highest BCUT2D eigenvalue weighted by Gasteiger charge is 2.37. The van der Waals surface area contributed by atoms with Gasteiger partial charge in [-0.3, -0.25) is 0 Å². The lowest BCUT2D eigenvalue weighted by Gasteiger charge is -2.24. The van der Waals surface area contributed by atoms with Crippen molar-refractivity contribution < 1.29 is 13.3 Å². The normalized spacial score (nSPS) is 17.8. The molecule has 0 saturated carbocycles. The van der Waals surface area contributed by atoms with Crippen LogP contribution in [-0.2, 0) is 13.3 Å². The van der Waals surface area contributed by atoms with Crippen LogP contribution >= 0.6 is 0 Å². The molecule has 0 N–H and O–H groups in total. The van der Waals surface area contributed by atoms with Gasteiger partial charge in [-0.05, 0) is 13.0 Å². The maximum atomic E-state index is 5.31. The van der Waals surface area contributed by atoms with Crippen LogP contribution in [0.2, 0.25) is 6.04 Å². The monoisotopic (exact) mass is 205 g/mol. The van der Waals surface area contributed by atoms with Crippen molar-refractivity contribution in [1.29, 1.82) is 0 Å². The molecule has 1 aliphatic rings. The van der Waals surface area contributed by atoms with E-state index in [1.54, 1.807) is 21.3 Å². The number of nitrogens with zero attached hydrogens (tertiary/aromatic N) is 1. The van der Waals surface area contributed by atoms with E-state index in [4.69, 9.17) is 13.3 Å². The zero-order valence-corrected chi connectivity index (χ0v) is 9.71. The van der Waals surface area contributed by atoms with E-state index < -0.39 is 8.80 Å². The number of rotatable bonds is 7. The lowest BCUT2D eigenvalue weighted by molar-refractivity contribution is 0.122. The molecule has 1 saturated heterocycles. The van der Waals surface area contributed by atoms with Crippen LogP contribution in [0, 0.1) is 0 Å². The van der Waals surface area contributed by atoms with E-state index in [1.165, 1.54) is 13.1 Å². The van der Waals surface area contributed by atoms with E-state index in [2.05, 4.69) is 4.90 Å². The first-order valence-corrected chi connectivity index (χ1v) is 6.57. The molecule has 0 aliphatic carbocycles. The van der Waals surface area contributed by atoms with Gasteiger partial charge in [0.05, 0.1) is 0 Å². The second kappa shape index (κ2) is 5.07. The zero-order chi connectivity index (χ0) is 9.73. The maximum absolute atomic E-state index is 5.31. The van der Waals surface area contributed by atoms with E-state index in [0.29, 0.717) is 0 Å². The molecule has 0 aromatic carbocycles. The van der Waals surface area contributed by atoms with Gasteiger partial charge in [0.2, 0.25) is 0 Å². The van der Waals surface area contributed by atoms with Crippen molar-refractivity contribution in [3.8, 4) is 0 Å². The van der Waals surface area contributed by atoms with Crippen molar-refractivity contribution in [2.75, 3.05) is 41.0 Å². The fourth-order valence-electron chi connectivity index (χ4n) is 1.37. The summed E-state index contributed by atoms with van der Waals surface area (Å²) in [6.45, 7) is 3.65. The van der Waals surface area contributed by atoms with Crippen LogP contribution in [0.15, 0.2) is 0 Å². The molecule has 78 valence electrons. The first-order chi connectivity index (χ1) is 6.26. The lowest BCUT2D eigenvalue weighted by atomic mass is 10.5. The first-order valence-electron chi connectivity index (χ1n) is 4.64. The highest BCUT2D eigenvalue weighted by molar-refractivity contribution is 6.60. The molecular weight excluding hydrogens is 186 g/mol. The highest BCUT2D eigenvalue weighted by Crippen LogP contribution is 2.16. The third-order valence-electron chi connectivity index (χ3n) is 2.43. The quantitative estimate of drug-likeness (QED) is 0.449. The lowest BCUT2D eigenvalue weighted by Crippen LogP contribution is -2.42. The minimum Gasteiger partial charge on any atom is -0.377 e. The van der Waals surface area contributed by atoms with Crippen molar-refractivity contribution in [3.63, 3.8) is 0 Å². The summed E-state index contributed by atoms with van der Waals surface area (Å²) < 4.78 is 15.9. The fourth-order valence-corrected chi connectivity index (χ4v) is 3.07. The Morgan fingerprint density at radius 2 is 1.62 bits per heavy atom. The van der Waals surface area contributed by atoms with Gasteiger partial charge in [-0.15, -0.1) is 0 Å². The van der Waals surface area contributed by atoms with Gasteiger partial charge in [0.1, 0.15) is 0 Å². The average molecular weight is 205 g/mol. The highest BCUT2D eigenvalue weighted by atomic mass is 28.4. The Balaban J connectivity index is 2.19. The Kier molecular flexibility index (Phi) is 4.34. The van der Waals surface area contributed by atoms with Gasteiger partial charge in [-0.1, -0.05) is 0 Å². The summed E-state index contributed by atoms with van der Waals surface area (Å²) in [5.74, 6) is 0. The van der Waals surface area contributed by atoms with Crippen molar-refractivity contribution in [3.05, 3.63) is 0 Å². The van der Waals surface area contributed by atoms with E-state index in [-0.39, 0.29) is 0 Å². The molecular formula is C8H19NO3Si. The predicted octanol–water partition coefficient (Wildman–Crippen LogP) is 0.570. The summed E-state index contributed by atoms with van der Waals surface area (Å²) in [5.41, 5.74) is 0. The molecule has 1 heterocycles. The topological polar surface area (TPSA) is 30.7 Å². The molecule has 0 spiro atoms. The minimum absolute atomic E-state index is 0.910. The Labute approximate surface area is 81.1 Å². The Morgan fingerprint density at radius 3 is 2.00 bits per heavy atom. The van der Waals surface area contributed by atoms with Crippen LogP contribution in [-0.4, -0.2) is 54.7 Å². The molecule has 1 fully saturated rings. The average Bonchev–Trinajstić information content (AvgIpc) is 2.97. The van der Waals surface area contributed by atoms with E-state index in [1.807, 2.05) is 0 Å². The Hall–Kier alpha value is 0.0569. The summed E-state index contributed by atoms with van der Waals surface area (Å²) in [4.78, 5) is 2.39. The van der Waals surface area contributed by atoms with Crippen molar-refractivity contribution in [2.45, 2.75) is 12.5 Å². The second-order valence-corrected chi connectivity index (χ2v) is 6.33. The van der Waals surface area contributed by atoms with Crippen LogP contribution in [0.5, 0.6) is 0 Å². The fraction of sp³-hybridized carbons (Fsp3) is 1.00. The molecule has 0 unspecified atom stereocenters. The van der Waals surface area contributed by atoms with Crippen molar-refractivity contribution in [2.24, 2.45) is 0 Å². The van der Waals surface area contributed by atoms with Crippen molar-refractivity contribution >= 4 is 8.80 Å². The van der Waals surface area contributed by atoms with Gasteiger partial charge in [0, 0.05) is 40.5 Å². The third kappa shape index (κ3) is 3.36. The van der Waals surface area contributed by atoms with Gasteiger partial charge in [-0.25, -0.2) is 0 Å². The van der Waals surface area contributed by atoms with Crippen LogP contribution in [0.4, 0.5) is 0 Å². The molecule has 0 bridgehead atoms. The SMILES string of the molecule is CO[Si](CCCN1CC1)(OC)OC. The Morgan fingerprint density at radius 1 is 1.08 bits per heavy atom. The second-order valence-electron chi connectivity index (χ2n) is 3.24. The summed E-state index contributed by atoms with van der Waals surface area (Å²) in [6, 6.07) is 0.910. The molecule has 0 radical (unpaired) electrons. The van der Waals surface area contributed by atoms with Crippen LogP contribution in [0.3, 0.4) is 0 Å². The largest absolute Gasteiger partial charge is 0.500 e. The van der Waals surface area contributed by atoms with E-state index in [9.17, 15) is 0 Å². The van der Waals surface area contributed by atoms with Gasteiger partial charge in [-0.2, -0.15) is 0 Å². The van der Waals surface area contributed by atoms with Gasteiger partial charge < -0.3 is 18.2 Å². The Bertz CT molecular complexity index is 140. The maximum Gasteiger partial charge on any atom is 0.500 e. The number of hydrogen-bond donors (Lipinski definition) is 0. The van der Waals surface area contributed by atoms with Crippen LogP contribution in [0.25, 0.3) is 0 Å². The summed E-state index contributed by atoms with van der Waals surface area (Å²) in [7, 11) is 2.71. The molecule has 1 rings (SSSR count). The molecule has 4 nitrogen and oxygen atoms in total. The zero-order valence-electron chi connectivity index (χ0n) is 8.71. The molecule has 5 heteroatoms. The third-order valence-corrected chi connectivity index (χ3v) is 5.26. The van der Waals surface area contributed by atoms with Gasteiger partial charge >= 0.3 is 8.80 Å². The minimum atomic E-state index is -2.28. The molecule has 13 heavy (non-hydrogen) atoms. The first kappa shape index (κ1) is 11.1. The van der Waals surface area contributed by atoms with Crippen LogP contribution in [0.1, 0.15) is 6.42 Å². The summed E-state index contributed by atoms with van der Waals surface area (Å²) in [5, 5.41) is 0. The van der Waals surface area contributed by atoms with Gasteiger partial charge in [0.15, 0.2) is 0 Å². The van der Waals surface area contributed by atoms with E-state index >= 15 is 0 Å². The molecule has 1 aliphatic heterocycles. The predicted molar refractivity (Wildman–Crippen MR) is 52.6 cm³/mol. The van der Waals surface area contributed by atoms with Gasteiger partial charge in [0.25, 0.3) is 0 Å². The smallest absolute Gasteiger partial charge is 0.377 e.